The maximum Gasteiger partial charge on any atom is 0.586 e. The molecule has 1 aromatic carbocycles. The first kappa shape index (κ1) is 15.3. The van der Waals surface area contributed by atoms with E-state index in [1.807, 2.05) is 0 Å². The fraction of sp³-hybridized carbons (Fsp3) is 0.143. The molecule has 0 spiro atoms. The van der Waals surface area contributed by atoms with E-state index in [0.717, 1.165) is 7.11 Å². The molecule has 0 saturated carbocycles. The summed E-state index contributed by atoms with van der Waals surface area (Å²) in [5, 5.41) is -0.0873. The van der Waals surface area contributed by atoms with Crippen LogP contribution >= 0.6 is 11.6 Å². The van der Waals surface area contributed by atoms with Gasteiger partial charge >= 0.3 is 12.3 Å². The van der Waals surface area contributed by atoms with Crippen LogP contribution in [0, 0.1) is 0 Å². The Labute approximate surface area is 133 Å². The van der Waals surface area contributed by atoms with E-state index < -0.39 is 12.3 Å². The van der Waals surface area contributed by atoms with E-state index in [4.69, 9.17) is 17.3 Å². The Balaban J connectivity index is 2.17. The second-order valence-electron chi connectivity index (χ2n) is 4.55. The first-order chi connectivity index (χ1) is 10.8. The lowest BCUT2D eigenvalue weighted by molar-refractivity contribution is -0.286. The van der Waals surface area contributed by atoms with Gasteiger partial charge in [-0.05, 0) is 18.2 Å². The quantitative estimate of drug-likeness (QED) is 0.844. The normalized spacial score (nSPS) is 14.6. The number of methoxy groups -OCH3 is 1. The Morgan fingerprint density at radius 1 is 1.39 bits per heavy atom. The monoisotopic (exact) mass is 342 g/mol. The molecule has 3 rings (SSSR count). The Morgan fingerprint density at radius 2 is 2.13 bits per heavy atom. The van der Waals surface area contributed by atoms with E-state index >= 15 is 0 Å². The highest BCUT2D eigenvalue weighted by Crippen LogP contribution is 2.47. The summed E-state index contributed by atoms with van der Waals surface area (Å²) >= 11 is 5.92. The third kappa shape index (κ3) is 2.61. The molecule has 1 aromatic heterocycles. The van der Waals surface area contributed by atoms with Crippen LogP contribution in [0.15, 0.2) is 24.3 Å². The van der Waals surface area contributed by atoms with Gasteiger partial charge in [-0.1, -0.05) is 17.7 Å². The number of rotatable bonds is 2. The lowest BCUT2D eigenvalue weighted by atomic mass is 10.1. The summed E-state index contributed by atoms with van der Waals surface area (Å²) in [7, 11) is 1.15. The van der Waals surface area contributed by atoms with Crippen LogP contribution in [0.5, 0.6) is 11.5 Å². The number of hydrogen-bond donors (Lipinski definition) is 1. The van der Waals surface area contributed by atoms with Gasteiger partial charge in [0.2, 0.25) is 0 Å². The summed E-state index contributed by atoms with van der Waals surface area (Å²) in [6.45, 7) is 0. The molecule has 9 heteroatoms. The summed E-state index contributed by atoms with van der Waals surface area (Å²) in [5.74, 6) is -1.16. The van der Waals surface area contributed by atoms with Crippen LogP contribution in [-0.4, -0.2) is 24.4 Å². The molecule has 0 amide bonds. The number of esters is 1. The molecule has 2 N–H and O–H groups in total. The van der Waals surface area contributed by atoms with Gasteiger partial charge in [0.15, 0.2) is 17.2 Å². The van der Waals surface area contributed by atoms with Gasteiger partial charge in [0.1, 0.15) is 0 Å². The van der Waals surface area contributed by atoms with Crippen LogP contribution in [0.4, 0.5) is 14.5 Å². The molecule has 0 unspecified atom stereocenters. The Bertz CT molecular complexity index is 814. The Morgan fingerprint density at radius 3 is 2.83 bits per heavy atom. The second kappa shape index (κ2) is 5.24. The number of anilines is 1. The highest BCUT2D eigenvalue weighted by Gasteiger charge is 2.44. The fourth-order valence-corrected chi connectivity index (χ4v) is 2.26. The highest BCUT2D eigenvalue weighted by atomic mass is 35.5. The van der Waals surface area contributed by atoms with Gasteiger partial charge in [0, 0.05) is 5.56 Å². The number of alkyl halides is 2. The van der Waals surface area contributed by atoms with Crippen molar-refractivity contribution in [2.75, 3.05) is 12.8 Å². The molecule has 0 saturated heterocycles. The van der Waals surface area contributed by atoms with Crippen molar-refractivity contribution in [1.82, 2.24) is 4.98 Å². The number of ether oxygens (including phenoxy) is 3. The minimum absolute atomic E-state index is 0.0420. The number of benzene rings is 1. The number of carbonyl (C=O) groups excluding carboxylic acids is 1. The van der Waals surface area contributed by atoms with Gasteiger partial charge in [0.05, 0.1) is 23.5 Å². The van der Waals surface area contributed by atoms with E-state index in [1.54, 1.807) is 0 Å². The number of carbonyl (C=O) groups is 1. The zero-order chi connectivity index (χ0) is 16.8. The van der Waals surface area contributed by atoms with Crippen LogP contribution in [0.1, 0.15) is 10.5 Å². The molecule has 120 valence electrons. The standard InChI is InChI=1S/C14H9ClF2N2O4/c1-21-13(20)11-10(15)7(18)5-8(19-11)6-3-2-4-9-12(6)23-14(16,17)22-9/h2-5H,1H3,(H2,18,19). The first-order valence-corrected chi connectivity index (χ1v) is 6.64. The Kier molecular flexibility index (Phi) is 3.48. The van der Waals surface area contributed by atoms with Crippen LogP contribution in [0.2, 0.25) is 5.02 Å². The zero-order valence-corrected chi connectivity index (χ0v) is 12.4. The molecule has 2 aromatic rings. The van der Waals surface area contributed by atoms with Crippen molar-refractivity contribution in [1.29, 1.82) is 0 Å². The number of hydrogen-bond acceptors (Lipinski definition) is 6. The van der Waals surface area contributed by atoms with Gasteiger partial charge in [-0.15, -0.1) is 8.78 Å². The van der Waals surface area contributed by atoms with Crippen molar-refractivity contribution in [2.45, 2.75) is 6.29 Å². The molecule has 0 bridgehead atoms. The molecule has 23 heavy (non-hydrogen) atoms. The second-order valence-corrected chi connectivity index (χ2v) is 4.93. The minimum atomic E-state index is -3.78. The molecular formula is C14H9ClF2N2O4. The maximum absolute atomic E-state index is 13.3. The predicted molar refractivity (Wildman–Crippen MR) is 76.6 cm³/mol. The van der Waals surface area contributed by atoms with E-state index in [1.165, 1.54) is 24.3 Å². The molecule has 1 aliphatic rings. The molecule has 6 nitrogen and oxygen atoms in total. The number of fused-ring (bicyclic) bond motifs is 1. The van der Waals surface area contributed by atoms with Crippen LogP contribution in [0.25, 0.3) is 11.3 Å². The van der Waals surface area contributed by atoms with E-state index in [0.29, 0.717) is 0 Å². The topological polar surface area (TPSA) is 83.7 Å². The fourth-order valence-electron chi connectivity index (χ4n) is 2.09. The summed E-state index contributed by atoms with van der Waals surface area (Å²) < 4.78 is 39.9. The molecule has 0 atom stereocenters. The average Bonchev–Trinajstić information content (AvgIpc) is 2.82. The smallest absolute Gasteiger partial charge is 0.464 e. The number of nitrogen functional groups attached to an aromatic ring is 1. The third-order valence-corrected chi connectivity index (χ3v) is 3.47. The molecule has 1 aliphatic heterocycles. The van der Waals surface area contributed by atoms with Crippen molar-refractivity contribution in [3.05, 3.63) is 35.0 Å². The molecule has 0 radical (unpaired) electrons. The van der Waals surface area contributed by atoms with Gasteiger partial charge in [-0.3, -0.25) is 0 Å². The highest BCUT2D eigenvalue weighted by molar-refractivity contribution is 6.35. The van der Waals surface area contributed by atoms with Crippen molar-refractivity contribution in [3.8, 4) is 22.8 Å². The molecule has 0 fully saturated rings. The predicted octanol–water partition coefficient (Wildman–Crippen LogP) is 3.09. The van der Waals surface area contributed by atoms with Crippen molar-refractivity contribution >= 4 is 23.3 Å². The van der Waals surface area contributed by atoms with E-state index in [9.17, 15) is 13.6 Å². The zero-order valence-electron chi connectivity index (χ0n) is 11.6. The number of nitrogens with two attached hydrogens (primary N) is 1. The summed E-state index contributed by atoms with van der Waals surface area (Å²) in [6, 6.07) is 5.61. The number of para-hydroxylation sites is 1. The van der Waals surface area contributed by atoms with Crippen molar-refractivity contribution < 1.29 is 27.8 Å². The van der Waals surface area contributed by atoms with E-state index in [2.05, 4.69) is 19.2 Å². The molecule has 0 aliphatic carbocycles. The lowest BCUT2D eigenvalue weighted by Gasteiger charge is -2.10. The number of aromatic nitrogens is 1. The van der Waals surface area contributed by atoms with Crippen LogP contribution < -0.4 is 15.2 Å². The van der Waals surface area contributed by atoms with Gasteiger partial charge in [-0.25, -0.2) is 9.78 Å². The average molecular weight is 343 g/mol. The van der Waals surface area contributed by atoms with Gasteiger partial charge < -0.3 is 19.9 Å². The van der Waals surface area contributed by atoms with E-state index in [-0.39, 0.29) is 39.2 Å². The summed E-state index contributed by atoms with van der Waals surface area (Å²) in [5.41, 5.74) is 5.85. The van der Waals surface area contributed by atoms with Crippen molar-refractivity contribution in [2.24, 2.45) is 0 Å². The summed E-state index contributed by atoms with van der Waals surface area (Å²) in [6.07, 6.45) is -3.78. The third-order valence-electron chi connectivity index (χ3n) is 3.07. The maximum atomic E-state index is 13.3. The minimum Gasteiger partial charge on any atom is -0.464 e. The number of halogens is 3. The number of nitrogens with zero attached hydrogens (tertiary/aromatic N) is 1. The van der Waals surface area contributed by atoms with Crippen LogP contribution in [-0.2, 0) is 4.74 Å². The number of pyridine rings is 1. The summed E-state index contributed by atoms with van der Waals surface area (Å²) in [4.78, 5) is 15.7. The largest absolute Gasteiger partial charge is 0.586 e. The molecule has 2 heterocycles. The van der Waals surface area contributed by atoms with Gasteiger partial charge in [-0.2, -0.15) is 0 Å². The van der Waals surface area contributed by atoms with Crippen molar-refractivity contribution in [3.63, 3.8) is 0 Å². The SMILES string of the molecule is COC(=O)c1nc(-c2cccc3c2OC(F)(F)O3)cc(N)c1Cl. The van der Waals surface area contributed by atoms with Gasteiger partial charge in [0.25, 0.3) is 0 Å². The Hall–Kier alpha value is -2.61. The molecular weight excluding hydrogens is 334 g/mol. The lowest BCUT2D eigenvalue weighted by Crippen LogP contribution is -2.26. The first-order valence-electron chi connectivity index (χ1n) is 6.26. The van der Waals surface area contributed by atoms with Crippen LogP contribution in [0.3, 0.4) is 0 Å².